The summed E-state index contributed by atoms with van der Waals surface area (Å²) >= 11 is 0. The van der Waals surface area contributed by atoms with Gasteiger partial charge in [0.1, 0.15) is 6.04 Å². The summed E-state index contributed by atoms with van der Waals surface area (Å²) < 4.78 is 11.8. The highest BCUT2D eigenvalue weighted by atomic mass is 16.5. The second-order valence-corrected chi connectivity index (χ2v) is 15.1. The topological polar surface area (TPSA) is 170 Å². The second kappa shape index (κ2) is 22.7. The molecular formula is C40H68N6O8. The molecule has 1 saturated heterocycles. The number of ether oxygens (including phenoxy) is 2. The molecule has 306 valence electrons. The molecule has 0 radical (unpaired) electrons. The molecule has 1 fully saturated rings. The van der Waals surface area contributed by atoms with E-state index in [0.29, 0.717) is 31.5 Å². The van der Waals surface area contributed by atoms with E-state index in [4.69, 9.17) is 9.47 Å². The smallest absolute Gasteiger partial charge is 0.243 e. The van der Waals surface area contributed by atoms with E-state index in [1.165, 1.54) is 19.1 Å². The number of nitrogens with zero attached hydrogens (tertiary/aromatic N) is 3. The molecule has 1 heterocycles. The van der Waals surface area contributed by atoms with Crippen LogP contribution in [0, 0.1) is 17.8 Å². The molecule has 0 saturated carbocycles. The predicted octanol–water partition coefficient (Wildman–Crippen LogP) is 2.35. The van der Waals surface area contributed by atoms with Crippen LogP contribution in [0.4, 0.5) is 0 Å². The Kier molecular flexibility index (Phi) is 19.6. The van der Waals surface area contributed by atoms with Gasteiger partial charge in [-0.3, -0.25) is 24.0 Å². The first-order valence-corrected chi connectivity index (χ1v) is 19.4. The number of rotatable bonds is 22. The number of carbonyl (C=O) groups excluding carboxylic acids is 5. The van der Waals surface area contributed by atoms with E-state index < -0.39 is 48.3 Å². The number of methoxy groups -OCH3 is 2. The molecule has 1 aliphatic heterocycles. The van der Waals surface area contributed by atoms with Gasteiger partial charge in [-0.2, -0.15) is 0 Å². The number of aliphatic hydroxyl groups is 1. The number of benzene rings is 1. The number of likely N-dealkylation sites (tertiary alicyclic amines) is 1. The van der Waals surface area contributed by atoms with E-state index in [1.807, 2.05) is 58.0 Å². The van der Waals surface area contributed by atoms with Crippen molar-refractivity contribution >= 4 is 29.5 Å². The van der Waals surface area contributed by atoms with Crippen molar-refractivity contribution in [2.45, 2.75) is 116 Å². The second-order valence-electron chi connectivity index (χ2n) is 15.1. The van der Waals surface area contributed by atoms with E-state index in [1.54, 1.807) is 44.8 Å². The van der Waals surface area contributed by atoms with Crippen molar-refractivity contribution in [2.75, 3.05) is 55.0 Å². The highest BCUT2D eigenvalue weighted by Crippen LogP contribution is 2.29. The fraction of sp³-hybridized carbons (Fsp3) is 0.725. The summed E-state index contributed by atoms with van der Waals surface area (Å²) in [5, 5.41) is 19.4. The maximum atomic E-state index is 14.1. The van der Waals surface area contributed by atoms with Gasteiger partial charge in [0.25, 0.3) is 0 Å². The lowest BCUT2D eigenvalue weighted by Gasteiger charge is -2.39. The first-order valence-electron chi connectivity index (χ1n) is 19.4. The summed E-state index contributed by atoms with van der Waals surface area (Å²) in [6.07, 6.45) is 0.216. The van der Waals surface area contributed by atoms with Gasteiger partial charge in [-0.05, 0) is 44.2 Å². The van der Waals surface area contributed by atoms with Crippen molar-refractivity contribution in [1.82, 2.24) is 30.7 Å². The average Bonchev–Trinajstić information content (AvgIpc) is 3.65. The Balaban J connectivity index is 2.15. The van der Waals surface area contributed by atoms with E-state index in [-0.39, 0.29) is 60.9 Å². The van der Waals surface area contributed by atoms with Crippen LogP contribution < -0.4 is 16.0 Å². The summed E-state index contributed by atoms with van der Waals surface area (Å²) in [6.45, 7) is 11.9. The summed E-state index contributed by atoms with van der Waals surface area (Å²) in [5.74, 6) is -2.24. The minimum atomic E-state index is -0.888. The molecule has 1 aromatic carbocycles. The molecule has 9 atom stereocenters. The summed E-state index contributed by atoms with van der Waals surface area (Å²) in [5.41, 5.74) is 0.700. The Hall–Kier alpha value is -3.59. The van der Waals surface area contributed by atoms with Crippen LogP contribution in [0.25, 0.3) is 0 Å². The fourth-order valence-corrected chi connectivity index (χ4v) is 7.58. The molecule has 1 aliphatic rings. The third-order valence-corrected chi connectivity index (χ3v) is 11.0. The van der Waals surface area contributed by atoms with E-state index in [0.717, 1.165) is 6.42 Å². The monoisotopic (exact) mass is 761 g/mol. The molecule has 1 aromatic rings. The molecule has 0 bridgehead atoms. The lowest BCUT2D eigenvalue weighted by atomic mass is 9.90. The fourth-order valence-electron chi connectivity index (χ4n) is 7.58. The van der Waals surface area contributed by atoms with Gasteiger partial charge in [-0.25, -0.2) is 0 Å². The molecule has 8 unspecified atom stereocenters. The van der Waals surface area contributed by atoms with Crippen molar-refractivity contribution in [2.24, 2.45) is 17.8 Å². The zero-order valence-corrected chi connectivity index (χ0v) is 34.5. The van der Waals surface area contributed by atoms with Crippen LogP contribution in [0.2, 0.25) is 0 Å². The molecule has 14 nitrogen and oxygen atoms in total. The Morgan fingerprint density at radius 2 is 1.59 bits per heavy atom. The third kappa shape index (κ3) is 12.5. The number of carbonyl (C=O) groups is 5. The molecule has 2 rings (SSSR count). The number of hydrogen-bond acceptors (Lipinski definition) is 9. The Bertz CT molecular complexity index is 1350. The van der Waals surface area contributed by atoms with Gasteiger partial charge in [0, 0.05) is 47.8 Å². The maximum Gasteiger partial charge on any atom is 0.243 e. The molecule has 54 heavy (non-hydrogen) atoms. The molecule has 5 amide bonds. The Labute approximate surface area is 323 Å². The van der Waals surface area contributed by atoms with Crippen LogP contribution in [-0.4, -0.2) is 141 Å². The third-order valence-electron chi connectivity index (χ3n) is 11.0. The van der Waals surface area contributed by atoms with Gasteiger partial charge in [0.2, 0.25) is 29.5 Å². The largest absolute Gasteiger partial charge is 0.386 e. The standard InChI is InChI=1S/C40H68N6O8/c1-12-26(4)36(45(9)34(49)24-42-40(52)35(25(2)3)44(8)32(47)20-21-41-7)31(53-10)23-33(48)46-22-16-19-30(46)38(54-11)27(5)39(51)43-28(6)37(50)29-17-14-13-15-18-29/h13-15,17-18,25-28,30-31,35-38,41,50H,12,16,19-24H2,1-11H3,(H,42,52)(H,43,51)/t26-,27?,28?,30?,31?,35?,36?,37?,38?/m0/s1. The number of likely N-dealkylation sites (N-methyl/N-ethyl adjacent to an activating group) is 2. The molecule has 4 N–H and O–H groups in total. The van der Waals surface area contributed by atoms with Crippen molar-refractivity contribution in [3.8, 4) is 0 Å². The average molecular weight is 761 g/mol. The number of nitrogens with one attached hydrogen (secondary N) is 3. The van der Waals surface area contributed by atoms with Crippen molar-refractivity contribution in [3.63, 3.8) is 0 Å². The van der Waals surface area contributed by atoms with Crippen LogP contribution >= 0.6 is 0 Å². The quantitative estimate of drug-likeness (QED) is 0.139. The zero-order chi connectivity index (χ0) is 40.7. The summed E-state index contributed by atoms with van der Waals surface area (Å²) in [6, 6.07) is 7.00. The first kappa shape index (κ1) is 46.6. The van der Waals surface area contributed by atoms with Gasteiger partial charge < -0.3 is 45.2 Å². The van der Waals surface area contributed by atoms with Gasteiger partial charge in [-0.15, -0.1) is 0 Å². The van der Waals surface area contributed by atoms with E-state index >= 15 is 0 Å². The maximum absolute atomic E-state index is 14.1. The van der Waals surface area contributed by atoms with Crippen molar-refractivity contribution in [3.05, 3.63) is 35.9 Å². The van der Waals surface area contributed by atoms with Gasteiger partial charge in [0.05, 0.1) is 55.3 Å². The Morgan fingerprint density at radius 3 is 2.15 bits per heavy atom. The first-order chi connectivity index (χ1) is 25.5. The summed E-state index contributed by atoms with van der Waals surface area (Å²) in [4.78, 5) is 71.9. The van der Waals surface area contributed by atoms with Crippen LogP contribution in [-0.2, 0) is 33.4 Å². The predicted molar refractivity (Wildman–Crippen MR) is 208 cm³/mol. The lowest BCUT2D eigenvalue weighted by molar-refractivity contribution is -0.146. The van der Waals surface area contributed by atoms with E-state index in [2.05, 4.69) is 16.0 Å². The minimum absolute atomic E-state index is 0.00174. The van der Waals surface area contributed by atoms with Crippen LogP contribution in [0.3, 0.4) is 0 Å². The summed E-state index contributed by atoms with van der Waals surface area (Å²) in [7, 11) is 8.08. The number of hydrogen-bond donors (Lipinski definition) is 4. The Morgan fingerprint density at radius 1 is 0.944 bits per heavy atom. The molecule has 14 heteroatoms. The van der Waals surface area contributed by atoms with Crippen molar-refractivity contribution < 1.29 is 38.6 Å². The van der Waals surface area contributed by atoms with Gasteiger partial charge in [-0.1, -0.05) is 71.4 Å². The van der Waals surface area contributed by atoms with Gasteiger partial charge in [0.15, 0.2) is 0 Å². The van der Waals surface area contributed by atoms with Crippen LogP contribution in [0.1, 0.15) is 85.3 Å². The highest BCUT2D eigenvalue weighted by Gasteiger charge is 2.42. The molecule has 0 aliphatic carbocycles. The number of amides is 5. The zero-order valence-electron chi connectivity index (χ0n) is 34.5. The van der Waals surface area contributed by atoms with Gasteiger partial charge >= 0.3 is 0 Å². The number of aliphatic hydroxyl groups excluding tert-OH is 1. The highest BCUT2D eigenvalue weighted by molar-refractivity contribution is 5.90. The normalized spacial score (nSPS) is 18.8. The van der Waals surface area contributed by atoms with E-state index in [9.17, 15) is 29.1 Å². The van der Waals surface area contributed by atoms with Crippen LogP contribution in [0.5, 0.6) is 0 Å². The minimum Gasteiger partial charge on any atom is -0.386 e. The van der Waals surface area contributed by atoms with Crippen LogP contribution in [0.15, 0.2) is 30.3 Å². The van der Waals surface area contributed by atoms with Crippen molar-refractivity contribution in [1.29, 1.82) is 0 Å². The lowest BCUT2D eigenvalue weighted by Crippen LogP contribution is -2.56. The molecule has 0 spiro atoms. The molecular weight excluding hydrogens is 692 g/mol. The SMILES string of the molecule is CC[C@H](C)C(C(CC(=O)N1CCCC1C(OC)C(C)C(=O)NC(C)C(O)c1ccccc1)OC)N(C)C(=O)CNC(=O)C(C(C)C)N(C)C(=O)CCNC. The molecule has 0 aromatic heterocycles.